The van der Waals surface area contributed by atoms with E-state index < -0.39 is 0 Å². The minimum atomic E-state index is -0.360. The average Bonchev–Trinajstić information content (AvgIpc) is 3.22. The highest BCUT2D eigenvalue weighted by Crippen LogP contribution is 2.35. The molecule has 140 valence electrons. The van der Waals surface area contributed by atoms with Gasteiger partial charge in [-0.3, -0.25) is 4.79 Å². The third kappa shape index (κ3) is 4.48. The van der Waals surface area contributed by atoms with Crippen LogP contribution >= 0.6 is 11.6 Å². The number of nitrogens with zero attached hydrogens (tertiary/aromatic N) is 2. The van der Waals surface area contributed by atoms with Crippen LogP contribution in [0.1, 0.15) is 0 Å². The summed E-state index contributed by atoms with van der Waals surface area (Å²) >= 11 is 6.10. The van der Waals surface area contributed by atoms with Gasteiger partial charge in [-0.25, -0.2) is 0 Å². The number of aromatic amines is 1. The number of carbonyl (C=O) groups is 1. The van der Waals surface area contributed by atoms with Gasteiger partial charge >= 0.3 is 0 Å². The summed E-state index contributed by atoms with van der Waals surface area (Å²) < 4.78 is 15.9. The number of amides is 1. The Kier molecular flexibility index (Phi) is 5.77. The number of H-pyrrole nitrogens is 1. The van der Waals surface area contributed by atoms with E-state index in [1.165, 1.54) is 14.2 Å². The van der Waals surface area contributed by atoms with Crippen LogP contribution in [0.4, 0.5) is 5.69 Å². The number of ether oxygens (including phenoxy) is 3. The summed E-state index contributed by atoms with van der Waals surface area (Å²) in [7, 11) is 2.99. The van der Waals surface area contributed by atoms with Gasteiger partial charge in [-0.15, -0.1) is 0 Å². The third-order valence-electron chi connectivity index (χ3n) is 3.66. The van der Waals surface area contributed by atoms with E-state index >= 15 is 0 Å². The molecule has 8 nitrogen and oxygen atoms in total. The smallest absolute Gasteiger partial charge is 0.262 e. The van der Waals surface area contributed by atoms with Crippen LogP contribution in [0.15, 0.2) is 42.6 Å². The molecule has 0 saturated carbocycles. The van der Waals surface area contributed by atoms with E-state index in [1.54, 1.807) is 30.5 Å². The van der Waals surface area contributed by atoms with Crippen molar-refractivity contribution in [1.82, 2.24) is 15.4 Å². The van der Waals surface area contributed by atoms with Gasteiger partial charge in [0.2, 0.25) is 0 Å². The minimum Gasteiger partial charge on any atom is -0.495 e. The van der Waals surface area contributed by atoms with Crippen molar-refractivity contribution in [2.24, 2.45) is 0 Å². The number of anilines is 1. The Morgan fingerprint density at radius 2 is 2.00 bits per heavy atom. The lowest BCUT2D eigenvalue weighted by Gasteiger charge is -2.13. The Morgan fingerprint density at radius 1 is 1.19 bits per heavy atom. The quantitative estimate of drug-likeness (QED) is 0.645. The topological polar surface area (TPSA) is 98.4 Å². The van der Waals surface area contributed by atoms with E-state index in [-0.39, 0.29) is 12.5 Å². The highest BCUT2D eigenvalue weighted by molar-refractivity contribution is 6.32. The number of rotatable bonds is 7. The zero-order valence-corrected chi connectivity index (χ0v) is 15.4. The summed E-state index contributed by atoms with van der Waals surface area (Å²) in [6, 6.07) is 10.4. The standard InChI is InChI=1S/C18H17ClN4O4/c1-25-16-8-17(26-2)14(7-13(16)19)21-18(24)10-27-12-5-3-4-11(6-12)15-9-20-23-22-15/h3-9H,10H2,1-2H3,(H,21,24)(H,20,22,23). The number of hydrogen-bond donors (Lipinski definition) is 2. The molecule has 3 aromatic rings. The molecule has 9 heteroatoms. The van der Waals surface area contributed by atoms with Crippen LogP contribution in [0.3, 0.4) is 0 Å². The third-order valence-corrected chi connectivity index (χ3v) is 3.96. The number of aromatic nitrogens is 3. The van der Waals surface area contributed by atoms with Crippen LogP contribution in [-0.4, -0.2) is 42.1 Å². The SMILES string of the molecule is COc1cc(OC)c(NC(=O)COc2cccc(-c3cn[nH]n3)c2)cc1Cl. The molecule has 0 aliphatic heterocycles. The molecule has 0 spiro atoms. The lowest BCUT2D eigenvalue weighted by atomic mass is 10.1. The summed E-state index contributed by atoms with van der Waals surface area (Å²) in [6.45, 7) is -0.185. The largest absolute Gasteiger partial charge is 0.495 e. The van der Waals surface area contributed by atoms with Gasteiger partial charge in [-0.2, -0.15) is 15.4 Å². The van der Waals surface area contributed by atoms with Crippen molar-refractivity contribution in [3.05, 3.63) is 47.6 Å². The molecule has 1 aromatic heterocycles. The minimum absolute atomic E-state index is 0.185. The number of nitrogens with one attached hydrogen (secondary N) is 2. The summed E-state index contributed by atoms with van der Waals surface area (Å²) in [5.74, 6) is 1.05. The first-order chi connectivity index (χ1) is 13.1. The maximum Gasteiger partial charge on any atom is 0.262 e. The maximum absolute atomic E-state index is 12.2. The lowest BCUT2D eigenvalue weighted by Crippen LogP contribution is -2.20. The molecule has 0 fully saturated rings. The van der Waals surface area contributed by atoms with Gasteiger partial charge in [0.1, 0.15) is 22.9 Å². The molecule has 3 rings (SSSR count). The molecular weight excluding hydrogens is 372 g/mol. The molecule has 0 saturated heterocycles. The number of carbonyl (C=O) groups excluding carboxylic acids is 1. The fourth-order valence-corrected chi connectivity index (χ4v) is 2.62. The van der Waals surface area contributed by atoms with Crippen LogP contribution in [0, 0.1) is 0 Å². The fourth-order valence-electron chi connectivity index (χ4n) is 2.38. The van der Waals surface area contributed by atoms with E-state index in [4.69, 9.17) is 25.8 Å². The van der Waals surface area contributed by atoms with E-state index in [0.29, 0.717) is 33.7 Å². The van der Waals surface area contributed by atoms with E-state index in [9.17, 15) is 4.79 Å². The second-order valence-electron chi connectivity index (χ2n) is 5.41. The molecule has 0 aliphatic carbocycles. The van der Waals surface area contributed by atoms with Crippen molar-refractivity contribution < 1.29 is 19.0 Å². The lowest BCUT2D eigenvalue weighted by molar-refractivity contribution is -0.118. The molecule has 2 N–H and O–H groups in total. The molecule has 0 unspecified atom stereocenters. The van der Waals surface area contributed by atoms with Crippen molar-refractivity contribution >= 4 is 23.2 Å². The van der Waals surface area contributed by atoms with Crippen LogP contribution in [0.2, 0.25) is 5.02 Å². The van der Waals surface area contributed by atoms with Crippen molar-refractivity contribution in [2.45, 2.75) is 0 Å². The fraction of sp³-hybridized carbons (Fsp3) is 0.167. The summed E-state index contributed by atoms with van der Waals surface area (Å²) in [5, 5.41) is 13.4. The van der Waals surface area contributed by atoms with Crippen molar-refractivity contribution in [3.8, 4) is 28.5 Å². The first-order valence-corrected chi connectivity index (χ1v) is 8.29. The Labute approximate surface area is 160 Å². The van der Waals surface area contributed by atoms with Crippen molar-refractivity contribution in [1.29, 1.82) is 0 Å². The van der Waals surface area contributed by atoms with E-state index in [2.05, 4.69) is 20.7 Å². The molecule has 27 heavy (non-hydrogen) atoms. The first-order valence-electron chi connectivity index (χ1n) is 7.91. The number of methoxy groups -OCH3 is 2. The van der Waals surface area contributed by atoms with Gasteiger partial charge in [0.05, 0.1) is 31.1 Å². The maximum atomic E-state index is 12.2. The van der Waals surface area contributed by atoms with Gasteiger partial charge < -0.3 is 19.5 Å². The van der Waals surface area contributed by atoms with E-state index in [1.807, 2.05) is 12.1 Å². The summed E-state index contributed by atoms with van der Waals surface area (Å²) in [5.41, 5.74) is 1.93. The normalized spacial score (nSPS) is 10.3. The molecule has 0 bridgehead atoms. The van der Waals surface area contributed by atoms with Gasteiger partial charge in [-0.1, -0.05) is 23.7 Å². The Hall–Kier alpha value is -3.26. The monoisotopic (exact) mass is 388 g/mol. The zero-order chi connectivity index (χ0) is 19.2. The van der Waals surface area contributed by atoms with Crippen LogP contribution < -0.4 is 19.5 Å². The Bertz CT molecular complexity index is 931. The molecule has 0 radical (unpaired) electrons. The number of halogens is 1. The molecule has 2 aromatic carbocycles. The molecular formula is C18H17ClN4O4. The predicted octanol–water partition coefficient (Wildman–Crippen LogP) is 3.16. The summed E-state index contributed by atoms with van der Waals surface area (Å²) in [4.78, 5) is 12.2. The molecule has 1 amide bonds. The van der Waals surface area contributed by atoms with E-state index in [0.717, 1.165) is 5.56 Å². The second kappa shape index (κ2) is 8.41. The van der Waals surface area contributed by atoms with Gasteiger partial charge in [0, 0.05) is 11.6 Å². The molecule has 0 aliphatic rings. The van der Waals surface area contributed by atoms with Gasteiger partial charge in [-0.05, 0) is 18.2 Å². The number of hydrogen-bond acceptors (Lipinski definition) is 6. The Morgan fingerprint density at radius 3 is 2.70 bits per heavy atom. The highest BCUT2D eigenvalue weighted by Gasteiger charge is 2.13. The molecule has 0 atom stereocenters. The van der Waals surface area contributed by atoms with Crippen LogP contribution in [0.5, 0.6) is 17.2 Å². The highest BCUT2D eigenvalue weighted by atomic mass is 35.5. The zero-order valence-electron chi connectivity index (χ0n) is 14.7. The molecule has 1 heterocycles. The summed E-state index contributed by atoms with van der Waals surface area (Å²) in [6.07, 6.45) is 1.60. The second-order valence-corrected chi connectivity index (χ2v) is 5.81. The Balaban J connectivity index is 1.65. The first kappa shape index (κ1) is 18.5. The van der Waals surface area contributed by atoms with Gasteiger partial charge in [0.25, 0.3) is 5.91 Å². The number of benzene rings is 2. The van der Waals surface area contributed by atoms with Crippen molar-refractivity contribution in [3.63, 3.8) is 0 Å². The average molecular weight is 389 g/mol. The van der Waals surface area contributed by atoms with Gasteiger partial charge in [0.15, 0.2) is 6.61 Å². The van der Waals surface area contributed by atoms with Crippen LogP contribution in [0.25, 0.3) is 11.3 Å². The predicted molar refractivity (Wildman–Crippen MR) is 100 cm³/mol. The van der Waals surface area contributed by atoms with Crippen molar-refractivity contribution in [2.75, 3.05) is 26.1 Å². The van der Waals surface area contributed by atoms with Crippen LogP contribution in [-0.2, 0) is 4.79 Å².